The number of hydrogen-bond acceptors (Lipinski definition) is 4. The van der Waals surface area contributed by atoms with Gasteiger partial charge >= 0.3 is 0 Å². The number of aliphatic hydroxyl groups is 1. The van der Waals surface area contributed by atoms with E-state index in [2.05, 4.69) is 11.4 Å². The molecule has 2 saturated carbocycles. The molecule has 0 spiro atoms. The van der Waals surface area contributed by atoms with Crippen LogP contribution in [0.4, 0.5) is 0 Å². The highest BCUT2D eigenvalue weighted by Gasteiger charge is 2.46. The van der Waals surface area contributed by atoms with Crippen LogP contribution in [0.2, 0.25) is 0 Å². The molecular weight excluding hydrogens is 278 g/mol. The fraction of sp³-hybridized carbons (Fsp3) is 0.667. The van der Waals surface area contributed by atoms with E-state index in [0.29, 0.717) is 12.7 Å². The largest absolute Gasteiger partial charge is 0.454 e. The summed E-state index contributed by atoms with van der Waals surface area (Å²) < 4.78 is 10.8. The first-order valence-electron chi connectivity index (χ1n) is 8.60. The minimum atomic E-state index is -0.493. The Labute approximate surface area is 131 Å². The van der Waals surface area contributed by atoms with Crippen LogP contribution in [0, 0.1) is 5.92 Å². The van der Waals surface area contributed by atoms with Crippen molar-refractivity contribution in [2.75, 3.05) is 6.79 Å². The zero-order valence-corrected chi connectivity index (χ0v) is 13.0. The molecule has 1 heterocycles. The van der Waals surface area contributed by atoms with Crippen molar-refractivity contribution in [1.29, 1.82) is 0 Å². The molecule has 1 unspecified atom stereocenters. The number of nitrogens with one attached hydrogen (secondary N) is 1. The molecule has 1 aliphatic heterocycles. The SMILES string of the molecule is O[C@]12CCCC[C@@H]1CCCC2NCc1ccc2c(c1)OCO2. The number of ether oxygens (including phenoxy) is 2. The molecule has 0 aromatic heterocycles. The van der Waals surface area contributed by atoms with E-state index in [4.69, 9.17) is 9.47 Å². The molecule has 0 saturated heterocycles. The van der Waals surface area contributed by atoms with Gasteiger partial charge in [0, 0.05) is 12.6 Å². The highest BCUT2D eigenvalue weighted by atomic mass is 16.7. The van der Waals surface area contributed by atoms with Crippen LogP contribution in [0.25, 0.3) is 0 Å². The van der Waals surface area contributed by atoms with Crippen molar-refractivity contribution in [2.24, 2.45) is 5.92 Å². The molecule has 0 radical (unpaired) electrons. The van der Waals surface area contributed by atoms with Crippen molar-refractivity contribution in [1.82, 2.24) is 5.32 Å². The highest BCUT2D eigenvalue weighted by Crippen LogP contribution is 2.44. The number of rotatable bonds is 3. The molecule has 4 rings (SSSR count). The molecule has 3 atom stereocenters. The Kier molecular flexibility index (Phi) is 3.74. The number of benzene rings is 1. The van der Waals surface area contributed by atoms with E-state index in [1.165, 1.54) is 31.2 Å². The summed E-state index contributed by atoms with van der Waals surface area (Å²) in [6.07, 6.45) is 8.09. The van der Waals surface area contributed by atoms with Crippen molar-refractivity contribution in [3.05, 3.63) is 23.8 Å². The van der Waals surface area contributed by atoms with Gasteiger partial charge in [0.2, 0.25) is 6.79 Å². The van der Waals surface area contributed by atoms with Crippen LogP contribution in [0.5, 0.6) is 11.5 Å². The van der Waals surface area contributed by atoms with Crippen LogP contribution in [0.15, 0.2) is 18.2 Å². The first-order valence-corrected chi connectivity index (χ1v) is 8.60. The third-order valence-electron chi connectivity index (χ3n) is 5.73. The average molecular weight is 303 g/mol. The van der Waals surface area contributed by atoms with Crippen molar-refractivity contribution in [2.45, 2.75) is 63.1 Å². The standard InChI is InChI=1S/C18H25NO3/c20-18-9-2-1-4-14(18)5-3-6-17(18)19-11-13-7-8-15-16(10-13)22-12-21-15/h7-8,10,14,17,19-20H,1-6,9,11-12H2/t14-,17?,18-/m1/s1. The Balaban J connectivity index is 1.44. The summed E-state index contributed by atoms with van der Waals surface area (Å²) in [6, 6.07) is 6.31. The topological polar surface area (TPSA) is 50.7 Å². The van der Waals surface area contributed by atoms with Gasteiger partial charge in [-0.1, -0.05) is 25.3 Å². The summed E-state index contributed by atoms with van der Waals surface area (Å²) in [5.74, 6) is 2.15. The molecule has 0 amide bonds. The van der Waals surface area contributed by atoms with E-state index >= 15 is 0 Å². The Bertz CT molecular complexity index is 545. The summed E-state index contributed by atoms with van der Waals surface area (Å²) in [5.41, 5.74) is 0.693. The molecule has 3 aliphatic rings. The summed E-state index contributed by atoms with van der Waals surface area (Å²) in [6.45, 7) is 1.09. The van der Waals surface area contributed by atoms with E-state index in [9.17, 15) is 5.11 Å². The minimum Gasteiger partial charge on any atom is -0.454 e. The lowest BCUT2D eigenvalue weighted by Crippen LogP contribution is -2.58. The summed E-state index contributed by atoms with van der Waals surface area (Å²) in [4.78, 5) is 0. The van der Waals surface area contributed by atoms with Crippen LogP contribution in [-0.4, -0.2) is 23.5 Å². The molecule has 120 valence electrons. The summed E-state index contributed by atoms with van der Waals surface area (Å²) >= 11 is 0. The van der Waals surface area contributed by atoms with E-state index in [-0.39, 0.29) is 6.04 Å². The third-order valence-corrected chi connectivity index (χ3v) is 5.73. The fourth-order valence-electron chi connectivity index (χ4n) is 4.50. The molecule has 1 aromatic carbocycles. The van der Waals surface area contributed by atoms with E-state index in [1.807, 2.05) is 12.1 Å². The van der Waals surface area contributed by atoms with Gasteiger partial charge in [0.15, 0.2) is 11.5 Å². The van der Waals surface area contributed by atoms with Gasteiger partial charge < -0.3 is 19.9 Å². The Morgan fingerprint density at radius 1 is 1.09 bits per heavy atom. The molecule has 1 aromatic rings. The van der Waals surface area contributed by atoms with Gasteiger partial charge in [-0.25, -0.2) is 0 Å². The smallest absolute Gasteiger partial charge is 0.231 e. The summed E-state index contributed by atoms with van der Waals surface area (Å²) in [5, 5.41) is 14.8. The molecule has 22 heavy (non-hydrogen) atoms. The molecule has 2 aliphatic carbocycles. The van der Waals surface area contributed by atoms with Gasteiger partial charge in [-0.2, -0.15) is 0 Å². The predicted molar refractivity (Wildman–Crippen MR) is 84.0 cm³/mol. The molecule has 4 heteroatoms. The normalized spacial score (nSPS) is 33.5. The van der Waals surface area contributed by atoms with Crippen molar-refractivity contribution in [3.8, 4) is 11.5 Å². The van der Waals surface area contributed by atoms with Crippen molar-refractivity contribution >= 4 is 0 Å². The lowest BCUT2D eigenvalue weighted by molar-refractivity contribution is -0.0989. The zero-order chi connectivity index (χ0) is 15.0. The van der Waals surface area contributed by atoms with E-state index in [0.717, 1.165) is 37.3 Å². The van der Waals surface area contributed by atoms with Crippen LogP contribution in [0.1, 0.15) is 50.5 Å². The maximum atomic E-state index is 11.2. The van der Waals surface area contributed by atoms with Gasteiger partial charge in [-0.05, 0) is 49.3 Å². The Morgan fingerprint density at radius 3 is 2.91 bits per heavy atom. The molecular formula is C18H25NO3. The van der Waals surface area contributed by atoms with Crippen molar-refractivity contribution < 1.29 is 14.6 Å². The maximum absolute atomic E-state index is 11.2. The highest BCUT2D eigenvalue weighted by molar-refractivity contribution is 5.44. The molecule has 2 N–H and O–H groups in total. The predicted octanol–water partition coefficient (Wildman–Crippen LogP) is 2.98. The van der Waals surface area contributed by atoms with Gasteiger partial charge in [0.05, 0.1) is 5.60 Å². The maximum Gasteiger partial charge on any atom is 0.231 e. The Morgan fingerprint density at radius 2 is 1.95 bits per heavy atom. The first-order chi connectivity index (χ1) is 10.8. The average Bonchev–Trinajstić information content (AvgIpc) is 3.00. The molecule has 4 nitrogen and oxygen atoms in total. The third kappa shape index (κ3) is 2.48. The second-order valence-electron chi connectivity index (χ2n) is 6.99. The minimum absolute atomic E-state index is 0.219. The Hall–Kier alpha value is -1.26. The summed E-state index contributed by atoms with van der Waals surface area (Å²) in [7, 11) is 0. The van der Waals surface area contributed by atoms with Crippen LogP contribution in [0.3, 0.4) is 0 Å². The van der Waals surface area contributed by atoms with Crippen LogP contribution < -0.4 is 14.8 Å². The lowest BCUT2D eigenvalue weighted by atomic mass is 9.65. The lowest BCUT2D eigenvalue weighted by Gasteiger charge is -2.49. The first kappa shape index (κ1) is 14.3. The monoisotopic (exact) mass is 303 g/mol. The molecule has 2 fully saturated rings. The van der Waals surface area contributed by atoms with E-state index in [1.54, 1.807) is 0 Å². The van der Waals surface area contributed by atoms with Crippen molar-refractivity contribution in [3.63, 3.8) is 0 Å². The van der Waals surface area contributed by atoms with Crippen LogP contribution >= 0.6 is 0 Å². The van der Waals surface area contributed by atoms with Gasteiger partial charge in [-0.3, -0.25) is 0 Å². The number of fused-ring (bicyclic) bond motifs is 2. The van der Waals surface area contributed by atoms with Crippen LogP contribution in [-0.2, 0) is 6.54 Å². The van der Waals surface area contributed by atoms with Gasteiger partial charge in [-0.15, -0.1) is 0 Å². The van der Waals surface area contributed by atoms with Gasteiger partial charge in [0.25, 0.3) is 0 Å². The second-order valence-corrected chi connectivity index (χ2v) is 6.99. The van der Waals surface area contributed by atoms with E-state index < -0.39 is 5.60 Å². The van der Waals surface area contributed by atoms with Gasteiger partial charge in [0.1, 0.15) is 0 Å². The fourth-order valence-corrected chi connectivity index (χ4v) is 4.50. The quantitative estimate of drug-likeness (QED) is 0.901. The number of hydrogen-bond donors (Lipinski definition) is 2. The zero-order valence-electron chi connectivity index (χ0n) is 13.0. The molecule has 0 bridgehead atoms. The second kappa shape index (κ2) is 5.74.